The van der Waals surface area contributed by atoms with Crippen LogP contribution in [0.15, 0.2) is 10.6 Å². The minimum absolute atomic E-state index is 0.0288. The third-order valence-corrected chi connectivity index (χ3v) is 3.63. The minimum atomic E-state index is -0.358. The number of nitrogens with zero attached hydrogens (tertiary/aromatic N) is 2. The maximum atomic E-state index is 12.0. The average Bonchev–Trinajstić information content (AvgIpc) is 2.90. The molecule has 0 aliphatic carbocycles. The minimum Gasteiger partial charge on any atom is -0.360 e. The van der Waals surface area contributed by atoms with Crippen molar-refractivity contribution in [2.45, 2.75) is 26.7 Å². The highest BCUT2D eigenvalue weighted by molar-refractivity contribution is 5.94. The molecule has 0 spiro atoms. The molecule has 0 radical (unpaired) electrons. The summed E-state index contributed by atoms with van der Waals surface area (Å²) in [5, 5.41) is 8.78. The van der Waals surface area contributed by atoms with Crippen LogP contribution in [0.3, 0.4) is 0 Å². The molecule has 3 amide bonds. The molecule has 0 atom stereocenters. The average molecular weight is 308 g/mol. The van der Waals surface area contributed by atoms with Gasteiger partial charge in [0.05, 0.1) is 6.54 Å². The molecule has 0 aromatic carbocycles. The Kier molecular flexibility index (Phi) is 5.13. The van der Waals surface area contributed by atoms with Gasteiger partial charge in [0.25, 0.3) is 0 Å². The molecule has 2 heterocycles. The van der Waals surface area contributed by atoms with Crippen LogP contribution in [0.1, 0.15) is 25.5 Å². The molecule has 1 aromatic rings. The van der Waals surface area contributed by atoms with Gasteiger partial charge in [-0.15, -0.1) is 0 Å². The first-order chi connectivity index (χ1) is 10.5. The lowest BCUT2D eigenvalue weighted by molar-refractivity contribution is -0.134. The first-order valence-corrected chi connectivity index (χ1v) is 7.22. The van der Waals surface area contributed by atoms with E-state index in [2.05, 4.69) is 15.8 Å². The fourth-order valence-electron chi connectivity index (χ4n) is 2.38. The number of piperidine rings is 1. The fourth-order valence-corrected chi connectivity index (χ4v) is 2.38. The summed E-state index contributed by atoms with van der Waals surface area (Å²) >= 11 is 0. The topological polar surface area (TPSA) is 105 Å². The standard InChI is InChI=1S/C14H20N4O4/c1-9-7-12(17-22-9)16-13(20)8-15-14(21)11-3-5-18(6-4-11)10(2)19/h7,11H,3-6,8H2,1-2H3,(H,15,21)(H,16,17,20). The summed E-state index contributed by atoms with van der Waals surface area (Å²) in [6.45, 7) is 4.29. The van der Waals surface area contributed by atoms with Crippen molar-refractivity contribution in [1.82, 2.24) is 15.4 Å². The Morgan fingerprint density at radius 2 is 2.05 bits per heavy atom. The number of rotatable bonds is 4. The molecular formula is C14H20N4O4. The molecular weight excluding hydrogens is 288 g/mol. The molecule has 2 rings (SSSR count). The van der Waals surface area contributed by atoms with Crippen molar-refractivity contribution in [3.63, 3.8) is 0 Å². The van der Waals surface area contributed by atoms with Gasteiger partial charge in [-0.25, -0.2) is 0 Å². The van der Waals surface area contributed by atoms with E-state index in [1.807, 2.05) is 0 Å². The van der Waals surface area contributed by atoms with E-state index < -0.39 is 0 Å². The fraction of sp³-hybridized carbons (Fsp3) is 0.571. The maximum Gasteiger partial charge on any atom is 0.245 e. The SMILES string of the molecule is CC(=O)N1CCC(C(=O)NCC(=O)Nc2cc(C)on2)CC1. The van der Waals surface area contributed by atoms with Gasteiger partial charge in [-0.05, 0) is 19.8 Å². The van der Waals surface area contributed by atoms with Gasteiger partial charge in [-0.3, -0.25) is 14.4 Å². The number of hydrogen-bond donors (Lipinski definition) is 2. The highest BCUT2D eigenvalue weighted by Gasteiger charge is 2.26. The molecule has 0 bridgehead atoms. The summed E-state index contributed by atoms with van der Waals surface area (Å²) in [5.41, 5.74) is 0. The van der Waals surface area contributed by atoms with E-state index in [4.69, 9.17) is 4.52 Å². The number of aryl methyl sites for hydroxylation is 1. The second-order valence-electron chi connectivity index (χ2n) is 5.37. The van der Waals surface area contributed by atoms with Crippen LogP contribution in [0.2, 0.25) is 0 Å². The first-order valence-electron chi connectivity index (χ1n) is 7.22. The van der Waals surface area contributed by atoms with Gasteiger partial charge in [0.2, 0.25) is 17.7 Å². The van der Waals surface area contributed by atoms with E-state index >= 15 is 0 Å². The number of aromatic nitrogens is 1. The summed E-state index contributed by atoms with van der Waals surface area (Å²) in [4.78, 5) is 36.6. The maximum absolute atomic E-state index is 12.0. The van der Waals surface area contributed by atoms with Crippen LogP contribution < -0.4 is 10.6 Å². The van der Waals surface area contributed by atoms with E-state index in [1.54, 1.807) is 17.9 Å². The van der Waals surface area contributed by atoms with Gasteiger partial charge in [-0.1, -0.05) is 5.16 Å². The Labute approximate surface area is 128 Å². The van der Waals surface area contributed by atoms with E-state index in [0.717, 1.165) is 0 Å². The molecule has 1 aromatic heterocycles. The van der Waals surface area contributed by atoms with Crippen LogP contribution in [0.5, 0.6) is 0 Å². The van der Waals surface area contributed by atoms with Crippen molar-refractivity contribution in [1.29, 1.82) is 0 Å². The third kappa shape index (κ3) is 4.31. The molecule has 120 valence electrons. The molecule has 0 saturated carbocycles. The van der Waals surface area contributed by atoms with Gasteiger partial charge in [-0.2, -0.15) is 0 Å². The predicted octanol–water partition coefficient (Wildman–Crippen LogP) is 0.296. The molecule has 1 aliphatic heterocycles. The van der Waals surface area contributed by atoms with Crippen molar-refractivity contribution in [2.24, 2.45) is 5.92 Å². The smallest absolute Gasteiger partial charge is 0.245 e. The van der Waals surface area contributed by atoms with Gasteiger partial charge in [0.15, 0.2) is 5.82 Å². The lowest BCUT2D eigenvalue weighted by Gasteiger charge is -2.30. The molecule has 2 N–H and O–H groups in total. The van der Waals surface area contributed by atoms with Crippen LogP contribution in [0.4, 0.5) is 5.82 Å². The van der Waals surface area contributed by atoms with Crippen molar-refractivity contribution in [2.75, 3.05) is 25.0 Å². The van der Waals surface area contributed by atoms with Gasteiger partial charge in [0.1, 0.15) is 5.76 Å². The summed E-state index contributed by atoms with van der Waals surface area (Å²) in [6.07, 6.45) is 1.24. The zero-order chi connectivity index (χ0) is 16.1. The Bertz CT molecular complexity index is 561. The van der Waals surface area contributed by atoms with Crippen LogP contribution in [-0.4, -0.2) is 47.4 Å². The molecule has 1 saturated heterocycles. The zero-order valence-corrected chi connectivity index (χ0v) is 12.7. The van der Waals surface area contributed by atoms with E-state index in [1.165, 1.54) is 6.92 Å². The quantitative estimate of drug-likeness (QED) is 0.832. The number of amides is 3. The summed E-state index contributed by atoms with van der Waals surface area (Å²) in [7, 11) is 0. The predicted molar refractivity (Wildman–Crippen MR) is 77.9 cm³/mol. The Balaban J connectivity index is 1.71. The first kappa shape index (κ1) is 16.0. The van der Waals surface area contributed by atoms with Crippen LogP contribution in [0.25, 0.3) is 0 Å². The number of likely N-dealkylation sites (tertiary alicyclic amines) is 1. The Morgan fingerprint density at radius 3 is 2.59 bits per heavy atom. The van der Waals surface area contributed by atoms with Gasteiger partial charge >= 0.3 is 0 Å². The number of carbonyl (C=O) groups is 3. The third-order valence-electron chi connectivity index (χ3n) is 3.63. The second kappa shape index (κ2) is 7.06. The molecule has 8 nitrogen and oxygen atoms in total. The van der Waals surface area contributed by atoms with Crippen LogP contribution in [-0.2, 0) is 14.4 Å². The Hall–Kier alpha value is -2.38. The van der Waals surface area contributed by atoms with Crippen molar-refractivity contribution >= 4 is 23.5 Å². The summed E-state index contributed by atoms with van der Waals surface area (Å²) in [5.74, 6) is 0.277. The molecule has 1 aliphatic rings. The van der Waals surface area contributed by atoms with Crippen molar-refractivity contribution in [3.05, 3.63) is 11.8 Å². The summed E-state index contributed by atoms with van der Waals surface area (Å²) in [6, 6.07) is 1.59. The Morgan fingerprint density at radius 1 is 1.36 bits per heavy atom. The van der Waals surface area contributed by atoms with Crippen LogP contribution >= 0.6 is 0 Å². The number of hydrogen-bond acceptors (Lipinski definition) is 5. The largest absolute Gasteiger partial charge is 0.360 e. The van der Waals surface area contributed by atoms with Crippen molar-refractivity contribution < 1.29 is 18.9 Å². The normalized spacial score (nSPS) is 15.5. The lowest BCUT2D eigenvalue weighted by Crippen LogP contribution is -2.43. The monoisotopic (exact) mass is 308 g/mol. The van der Waals surface area contributed by atoms with E-state index in [0.29, 0.717) is 37.5 Å². The second-order valence-corrected chi connectivity index (χ2v) is 5.37. The molecule has 8 heteroatoms. The van der Waals surface area contributed by atoms with Crippen molar-refractivity contribution in [3.8, 4) is 0 Å². The molecule has 1 fully saturated rings. The van der Waals surface area contributed by atoms with Gasteiger partial charge in [0, 0.05) is 32.0 Å². The molecule has 0 unspecified atom stereocenters. The number of carbonyl (C=O) groups excluding carboxylic acids is 3. The van der Waals surface area contributed by atoms with Crippen LogP contribution in [0, 0.1) is 12.8 Å². The van der Waals surface area contributed by atoms with Gasteiger partial charge < -0.3 is 20.1 Å². The highest BCUT2D eigenvalue weighted by atomic mass is 16.5. The summed E-state index contributed by atoms with van der Waals surface area (Å²) < 4.78 is 4.83. The van der Waals surface area contributed by atoms with E-state index in [9.17, 15) is 14.4 Å². The zero-order valence-electron chi connectivity index (χ0n) is 12.7. The lowest BCUT2D eigenvalue weighted by atomic mass is 9.96. The highest BCUT2D eigenvalue weighted by Crippen LogP contribution is 2.17. The number of anilines is 1. The van der Waals surface area contributed by atoms with E-state index in [-0.39, 0.29) is 30.2 Å². The molecule has 22 heavy (non-hydrogen) atoms. The number of nitrogens with one attached hydrogen (secondary N) is 2.